The highest BCUT2D eigenvalue weighted by Gasteiger charge is 1.98. The van der Waals surface area contributed by atoms with Crippen LogP contribution in [0.25, 0.3) is 0 Å². The van der Waals surface area contributed by atoms with E-state index in [0.29, 0.717) is 23.3 Å². The first-order valence-electron chi connectivity index (χ1n) is 4.28. The van der Waals surface area contributed by atoms with Crippen molar-refractivity contribution in [1.29, 1.82) is 0 Å². The van der Waals surface area contributed by atoms with Gasteiger partial charge in [-0.2, -0.15) is 4.98 Å². The van der Waals surface area contributed by atoms with Gasteiger partial charge < -0.3 is 10.5 Å². The van der Waals surface area contributed by atoms with Crippen LogP contribution in [0.5, 0.6) is 5.88 Å². The molecule has 4 heteroatoms. The van der Waals surface area contributed by atoms with Crippen LogP contribution in [-0.2, 0) is 0 Å². The third-order valence-electron chi connectivity index (χ3n) is 1.53. The summed E-state index contributed by atoms with van der Waals surface area (Å²) in [6.07, 6.45) is 2.10. The summed E-state index contributed by atoms with van der Waals surface area (Å²) in [4.78, 5) is 3.98. The van der Waals surface area contributed by atoms with Crippen molar-refractivity contribution in [3.63, 3.8) is 0 Å². The van der Waals surface area contributed by atoms with Crippen LogP contribution in [0.15, 0.2) is 12.1 Å². The summed E-state index contributed by atoms with van der Waals surface area (Å²) < 4.78 is 5.33. The van der Waals surface area contributed by atoms with E-state index in [9.17, 15) is 0 Å². The molecule has 0 aromatic carbocycles. The summed E-state index contributed by atoms with van der Waals surface area (Å²) in [5, 5.41) is 0.555. The van der Waals surface area contributed by atoms with Crippen LogP contribution in [0.3, 0.4) is 0 Å². The van der Waals surface area contributed by atoms with E-state index in [1.54, 1.807) is 12.1 Å². The maximum atomic E-state index is 5.76. The van der Waals surface area contributed by atoms with Gasteiger partial charge >= 0.3 is 0 Å². The summed E-state index contributed by atoms with van der Waals surface area (Å²) >= 11 is 5.76. The first kappa shape index (κ1) is 10.1. The van der Waals surface area contributed by atoms with Crippen molar-refractivity contribution < 1.29 is 4.74 Å². The number of pyridine rings is 1. The van der Waals surface area contributed by atoms with Crippen LogP contribution in [-0.4, -0.2) is 11.6 Å². The fourth-order valence-electron chi connectivity index (χ4n) is 0.888. The standard InChI is InChI=1S/C9H13ClN2O/c1-2-3-4-13-9-6-7(10)5-8(11)12-9/h5-6H,2-4H2,1H3,(H2,11,12). The molecule has 13 heavy (non-hydrogen) atoms. The van der Waals surface area contributed by atoms with Gasteiger partial charge in [0.2, 0.25) is 5.88 Å². The molecule has 0 saturated carbocycles. The molecule has 1 aromatic rings. The number of unbranched alkanes of at least 4 members (excludes halogenated alkanes) is 1. The zero-order valence-electron chi connectivity index (χ0n) is 7.59. The van der Waals surface area contributed by atoms with Crippen LogP contribution in [0.1, 0.15) is 19.8 Å². The number of nitrogen functional groups attached to an aromatic ring is 1. The number of halogens is 1. The minimum atomic E-state index is 0.388. The number of nitrogens with zero attached hydrogens (tertiary/aromatic N) is 1. The Kier molecular flexibility index (Phi) is 3.83. The highest BCUT2D eigenvalue weighted by atomic mass is 35.5. The second-order valence-corrected chi connectivity index (χ2v) is 3.19. The molecule has 72 valence electrons. The Morgan fingerprint density at radius 1 is 1.54 bits per heavy atom. The number of hydrogen-bond donors (Lipinski definition) is 1. The van der Waals surface area contributed by atoms with Gasteiger partial charge in [0.1, 0.15) is 5.82 Å². The molecule has 0 bridgehead atoms. The predicted molar refractivity (Wildman–Crippen MR) is 54.1 cm³/mol. The first-order chi connectivity index (χ1) is 6.22. The molecule has 3 nitrogen and oxygen atoms in total. The minimum Gasteiger partial charge on any atom is -0.478 e. The van der Waals surface area contributed by atoms with Gasteiger partial charge in [0.05, 0.1) is 6.61 Å². The molecule has 0 amide bonds. The molecule has 0 saturated heterocycles. The van der Waals surface area contributed by atoms with E-state index in [0.717, 1.165) is 12.8 Å². The lowest BCUT2D eigenvalue weighted by Gasteiger charge is -2.04. The van der Waals surface area contributed by atoms with Gasteiger partial charge in [-0.3, -0.25) is 0 Å². The second kappa shape index (κ2) is 4.92. The van der Waals surface area contributed by atoms with Gasteiger partial charge in [-0.25, -0.2) is 0 Å². The molecule has 0 aliphatic rings. The van der Waals surface area contributed by atoms with E-state index in [-0.39, 0.29) is 0 Å². The van der Waals surface area contributed by atoms with Crippen LogP contribution >= 0.6 is 11.6 Å². The van der Waals surface area contributed by atoms with Gasteiger partial charge in [-0.15, -0.1) is 0 Å². The van der Waals surface area contributed by atoms with E-state index in [2.05, 4.69) is 11.9 Å². The SMILES string of the molecule is CCCCOc1cc(Cl)cc(N)n1. The van der Waals surface area contributed by atoms with E-state index in [1.807, 2.05) is 0 Å². The molecule has 0 atom stereocenters. The van der Waals surface area contributed by atoms with E-state index in [4.69, 9.17) is 22.1 Å². The Bertz CT molecular complexity index is 258. The Labute approximate surface area is 82.9 Å². The number of aromatic nitrogens is 1. The molecule has 0 aliphatic heterocycles. The molecule has 0 spiro atoms. The Hall–Kier alpha value is -0.960. The summed E-state index contributed by atoms with van der Waals surface area (Å²) in [7, 11) is 0. The van der Waals surface area contributed by atoms with Crippen LogP contribution in [0.4, 0.5) is 5.82 Å². The number of hydrogen-bond acceptors (Lipinski definition) is 3. The normalized spacial score (nSPS) is 10.0. The van der Waals surface area contributed by atoms with Crippen molar-refractivity contribution in [2.45, 2.75) is 19.8 Å². The third-order valence-corrected chi connectivity index (χ3v) is 1.75. The largest absolute Gasteiger partial charge is 0.478 e. The predicted octanol–water partition coefficient (Wildman–Crippen LogP) is 2.50. The molecule has 1 rings (SSSR count). The van der Waals surface area contributed by atoms with Crippen molar-refractivity contribution in [2.24, 2.45) is 0 Å². The summed E-state index contributed by atoms with van der Waals surface area (Å²) in [6.45, 7) is 2.76. The van der Waals surface area contributed by atoms with Gasteiger partial charge in [0.15, 0.2) is 0 Å². The minimum absolute atomic E-state index is 0.388. The summed E-state index contributed by atoms with van der Waals surface area (Å²) in [5.41, 5.74) is 5.49. The lowest BCUT2D eigenvalue weighted by atomic mass is 10.4. The maximum Gasteiger partial charge on any atom is 0.216 e. The molecular weight excluding hydrogens is 188 g/mol. The van der Waals surface area contributed by atoms with Crippen molar-refractivity contribution in [3.8, 4) is 5.88 Å². The zero-order valence-corrected chi connectivity index (χ0v) is 8.34. The average Bonchev–Trinajstić information content (AvgIpc) is 2.03. The Morgan fingerprint density at radius 3 is 2.92 bits per heavy atom. The molecule has 0 aliphatic carbocycles. The number of rotatable bonds is 4. The van der Waals surface area contributed by atoms with Gasteiger partial charge in [-0.1, -0.05) is 24.9 Å². The fourth-order valence-corrected chi connectivity index (χ4v) is 1.09. The first-order valence-corrected chi connectivity index (χ1v) is 4.66. The van der Waals surface area contributed by atoms with Crippen LogP contribution in [0.2, 0.25) is 5.02 Å². The third kappa shape index (κ3) is 3.51. The number of ether oxygens (including phenoxy) is 1. The van der Waals surface area contributed by atoms with Crippen molar-refractivity contribution in [2.75, 3.05) is 12.3 Å². The average molecular weight is 201 g/mol. The monoisotopic (exact) mass is 200 g/mol. The molecule has 1 heterocycles. The summed E-state index contributed by atoms with van der Waals surface area (Å²) in [5.74, 6) is 0.887. The highest BCUT2D eigenvalue weighted by molar-refractivity contribution is 6.30. The van der Waals surface area contributed by atoms with E-state index in [1.165, 1.54) is 0 Å². The van der Waals surface area contributed by atoms with Crippen molar-refractivity contribution >= 4 is 17.4 Å². The summed E-state index contributed by atoms with van der Waals surface area (Å²) in [6, 6.07) is 3.25. The quantitative estimate of drug-likeness (QED) is 0.760. The molecule has 0 fully saturated rings. The van der Waals surface area contributed by atoms with Crippen molar-refractivity contribution in [3.05, 3.63) is 17.2 Å². The molecule has 1 aromatic heterocycles. The fraction of sp³-hybridized carbons (Fsp3) is 0.444. The van der Waals surface area contributed by atoms with Crippen molar-refractivity contribution in [1.82, 2.24) is 4.98 Å². The van der Waals surface area contributed by atoms with Gasteiger partial charge in [-0.05, 0) is 12.5 Å². The molecule has 2 N–H and O–H groups in total. The van der Waals surface area contributed by atoms with Gasteiger partial charge in [0.25, 0.3) is 0 Å². The zero-order chi connectivity index (χ0) is 9.68. The lowest BCUT2D eigenvalue weighted by Crippen LogP contribution is -2.00. The number of nitrogens with two attached hydrogens (primary N) is 1. The second-order valence-electron chi connectivity index (χ2n) is 2.75. The Balaban J connectivity index is 2.56. The topological polar surface area (TPSA) is 48.1 Å². The highest BCUT2D eigenvalue weighted by Crippen LogP contribution is 2.18. The van der Waals surface area contributed by atoms with E-state index >= 15 is 0 Å². The maximum absolute atomic E-state index is 5.76. The molecule has 0 radical (unpaired) electrons. The molecular formula is C9H13ClN2O. The smallest absolute Gasteiger partial charge is 0.216 e. The molecule has 0 unspecified atom stereocenters. The Morgan fingerprint density at radius 2 is 2.31 bits per heavy atom. The number of anilines is 1. The van der Waals surface area contributed by atoms with E-state index < -0.39 is 0 Å². The van der Waals surface area contributed by atoms with Crippen LogP contribution < -0.4 is 10.5 Å². The lowest BCUT2D eigenvalue weighted by molar-refractivity contribution is 0.298. The van der Waals surface area contributed by atoms with Crippen LogP contribution in [0, 0.1) is 0 Å². The van der Waals surface area contributed by atoms with Gasteiger partial charge in [0, 0.05) is 11.1 Å².